The van der Waals surface area contributed by atoms with Crippen molar-refractivity contribution < 1.29 is 4.74 Å². The monoisotopic (exact) mass is 250 g/mol. The minimum atomic E-state index is 0.0366. The topological polar surface area (TPSA) is 38.5 Å². The van der Waals surface area contributed by atoms with Crippen LogP contribution in [0.15, 0.2) is 24.3 Å². The van der Waals surface area contributed by atoms with Crippen LogP contribution in [0.25, 0.3) is 0 Å². The Labute approximate surface area is 108 Å². The van der Waals surface area contributed by atoms with Crippen LogP contribution in [0.1, 0.15) is 17.2 Å². The molecule has 1 saturated heterocycles. The van der Waals surface area contributed by atoms with Crippen molar-refractivity contribution >= 4 is 17.2 Å². The predicted molar refractivity (Wildman–Crippen MR) is 73.1 cm³/mol. The molecule has 1 unspecified atom stereocenters. The van der Waals surface area contributed by atoms with Gasteiger partial charge in [-0.1, -0.05) is 42.0 Å². The van der Waals surface area contributed by atoms with Crippen LogP contribution in [0.3, 0.4) is 0 Å². The lowest BCUT2D eigenvalue weighted by Gasteiger charge is -2.34. The van der Waals surface area contributed by atoms with Crippen LogP contribution in [-0.4, -0.2) is 36.2 Å². The lowest BCUT2D eigenvalue weighted by atomic mass is 10.0. The van der Waals surface area contributed by atoms with E-state index in [1.165, 1.54) is 11.1 Å². The van der Waals surface area contributed by atoms with E-state index in [0.29, 0.717) is 4.99 Å². The summed E-state index contributed by atoms with van der Waals surface area (Å²) in [6, 6.07) is 8.44. The maximum atomic E-state index is 5.89. The number of ether oxygens (including phenoxy) is 1. The van der Waals surface area contributed by atoms with E-state index in [-0.39, 0.29) is 6.04 Å². The maximum Gasteiger partial charge on any atom is 0.0948 e. The van der Waals surface area contributed by atoms with E-state index in [2.05, 4.69) is 36.1 Å². The molecule has 17 heavy (non-hydrogen) atoms. The number of aryl methyl sites for hydroxylation is 1. The average molecular weight is 250 g/mol. The normalized spacial score (nSPS) is 18.9. The third kappa shape index (κ3) is 3.03. The fourth-order valence-corrected chi connectivity index (χ4v) is 2.42. The van der Waals surface area contributed by atoms with E-state index in [0.717, 1.165) is 26.3 Å². The molecule has 0 aliphatic carbocycles. The second-order valence-electron chi connectivity index (χ2n) is 4.36. The maximum absolute atomic E-state index is 5.89. The number of hydrogen-bond donors (Lipinski definition) is 1. The molecule has 1 fully saturated rings. The third-order valence-electron chi connectivity index (χ3n) is 3.07. The van der Waals surface area contributed by atoms with Crippen LogP contribution in [0.2, 0.25) is 0 Å². The molecule has 3 nitrogen and oxygen atoms in total. The summed E-state index contributed by atoms with van der Waals surface area (Å²) in [6.07, 6.45) is 0. The number of thiocarbonyl (C=S) groups is 1. The van der Waals surface area contributed by atoms with Crippen molar-refractivity contribution in [2.24, 2.45) is 5.73 Å². The van der Waals surface area contributed by atoms with Gasteiger partial charge in [-0.05, 0) is 12.5 Å². The van der Waals surface area contributed by atoms with Gasteiger partial charge in [0.25, 0.3) is 0 Å². The summed E-state index contributed by atoms with van der Waals surface area (Å²) >= 11 is 5.21. The minimum Gasteiger partial charge on any atom is -0.392 e. The molecule has 0 radical (unpaired) electrons. The number of rotatable bonds is 3. The summed E-state index contributed by atoms with van der Waals surface area (Å²) in [7, 11) is 0. The second kappa shape index (κ2) is 5.58. The zero-order valence-corrected chi connectivity index (χ0v) is 10.9. The summed E-state index contributed by atoms with van der Waals surface area (Å²) in [5.41, 5.74) is 8.31. The van der Waals surface area contributed by atoms with E-state index < -0.39 is 0 Å². The number of benzene rings is 1. The number of morpholine rings is 1. The Balaban J connectivity index is 2.21. The molecular weight excluding hydrogens is 232 g/mol. The first kappa shape index (κ1) is 12.5. The molecule has 2 rings (SSSR count). The fraction of sp³-hybridized carbons (Fsp3) is 0.462. The van der Waals surface area contributed by atoms with Gasteiger partial charge >= 0.3 is 0 Å². The van der Waals surface area contributed by atoms with Crippen LogP contribution >= 0.6 is 12.2 Å². The van der Waals surface area contributed by atoms with Gasteiger partial charge in [0.1, 0.15) is 0 Å². The first-order valence-electron chi connectivity index (χ1n) is 5.86. The van der Waals surface area contributed by atoms with Crippen LogP contribution < -0.4 is 5.73 Å². The van der Waals surface area contributed by atoms with Gasteiger partial charge in [-0.2, -0.15) is 0 Å². The molecule has 0 aromatic heterocycles. The molecule has 1 aliphatic rings. The molecule has 2 N–H and O–H groups in total. The number of nitrogens with two attached hydrogens (primary N) is 1. The summed E-state index contributed by atoms with van der Waals surface area (Å²) in [4.78, 5) is 2.83. The summed E-state index contributed by atoms with van der Waals surface area (Å²) in [6.45, 7) is 5.36. The molecule has 1 aliphatic heterocycles. The van der Waals surface area contributed by atoms with Crippen molar-refractivity contribution in [2.75, 3.05) is 26.3 Å². The van der Waals surface area contributed by atoms with Gasteiger partial charge in [0.15, 0.2) is 0 Å². The average Bonchev–Trinajstić information content (AvgIpc) is 2.33. The van der Waals surface area contributed by atoms with Gasteiger partial charge < -0.3 is 10.5 Å². The highest BCUT2D eigenvalue weighted by Crippen LogP contribution is 2.22. The molecule has 0 amide bonds. The molecule has 92 valence electrons. The van der Waals surface area contributed by atoms with E-state index in [9.17, 15) is 0 Å². The van der Waals surface area contributed by atoms with Gasteiger partial charge in [0, 0.05) is 13.1 Å². The molecule has 0 saturated carbocycles. The van der Waals surface area contributed by atoms with Crippen LogP contribution in [0.5, 0.6) is 0 Å². The van der Waals surface area contributed by atoms with E-state index in [4.69, 9.17) is 22.7 Å². The zero-order valence-electron chi connectivity index (χ0n) is 10.1. The molecule has 1 aromatic rings. The van der Waals surface area contributed by atoms with Crippen molar-refractivity contribution in [3.05, 3.63) is 35.4 Å². The number of hydrogen-bond acceptors (Lipinski definition) is 3. The predicted octanol–water partition coefficient (Wildman–Crippen LogP) is 1.65. The first-order chi connectivity index (χ1) is 8.18. The highest BCUT2D eigenvalue weighted by atomic mass is 32.1. The molecule has 1 aromatic carbocycles. The number of nitrogens with zero attached hydrogens (tertiary/aromatic N) is 1. The lowest BCUT2D eigenvalue weighted by molar-refractivity contribution is 0.0289. The van der Waals surface area contributed by atoms with E-state index in [1.807, 2.05) is 0 Å². The molecule has 1 heterocycles. The summed E-state index contributed by atoms with van der Waals surface area (Å²) in [5, 5.41) is 0. The van der Waals surface area contributed by atoms with Gasteiger partial charge in [-0.3, -0.25) is 4.90 Å². The highest BCUT2D eigenvalue weighted by Gasteiger charge is 2.24. The lowest BCUT2D eigenvalue weighted by Crippen LogP contribution is -2.43. The minimum absolute atomic E-state index is 0.0366. The SMILES string of the molecule is Cc1ccc(C(C(N)=S)N2CCOCC2)cc1. The Morgan fingerprint density at radius 3 is 2.41 bits per heavy atom. The van der Waals surface area contributed by atoms with Crippen molar-refractivity contribution in [3.63, 3.8) is 0 Å². The van der Waals surface area contributed by atoms with Gasteiger partial charge in [-0.25, -0.2) is 0 Å². The van der Waals surface area contributed by atoms with Crippen molar-refractivity contribution in [2.45, 2.75) is 13.0 Å². The quantitative estimate of drug-likeness (QED) is 0.828. The molecule has 1 atom stereocenters. The second-order valence-corrected chi connectivity index (χ2v) is 4.84. The van der Waals surface area contributed by atoms with Gasteiger partial charge in [0.05, 0.1) is 24.2 Å². The van der Waals surface area contributed by atoms with Crippen molar-refractivity contribution in [1.82, 2.24) is 4.90 Å². The summed E-state index contributed by atoms with van der Waals surface area (Å²) in [5.74, 6) is 0. The van der Waals surface area contributed by atoms with Crippen molar-refractivity contribution in [3.8, 4) is 0 Å². The fourth-order valence-electron chi connectivity index (χ4n) is 2.14. The third-order valence-corrected chi connectivity index (χ3v) is 3.30. The molecule has 4 heteroatoms. The Bertz CT molecular complexity index is 385. The zero-order chi connectivity index (χ0) is 12.3. The van der Waals surface area contributed by atoms with Crippen LogP contribution in [0.4, 0.5) is 0 Å². The molecular formula is C13H18N2OS. The van der Waals surface area contributed by atoms with Crippen molar-refractivity contribution in [1.29, 1.82) is 0 Å². The molecule has 0 spiro atoms. The standard InChI is InChI=1S/C13H18N2OS/c1-10-2-4-11(5-3-10)12(13(14)17)15-6-8-16-9-7-15/h2-5,12H,6-9H2,1H3,(H2,14,17). The van der Waals surface area contributed by atoms with Crippen LogP contribution in [-0.2, 0) is 4.74 Å². The summed E-state index contributed by atoms with van der Waals surface area (Å²) < 4.78 is 5.36. The Kier molecular flexibility index (Phi) is 4.10. The Morgan fingerprint density at radius 2 is 1.88 bits per heavy atom. The smallest absolute Gasteiger partial charge is 0.0948 e. The highest BCUT2D eigenvalue weighted by molar-refractivity contribution is 7.80. The first-order valence-corrected chi connectivity index (χ1v) is 6.27. The Morgan fingerprint density at radius 1 is 1.29 bits per heavy atom. The van der Waals surface area contributed by atoms with E-state index in [1.54, 1.807) is 0 Å². The van der Waals surface area contributed by atoms with E-state index >= 15 is 0 Å². The van der Waals surface area contributed by atoms with Gasteiger partial charge in [0.2, 0.25) is 0 Å². The van der Waals surface area contributed by atoms with Gasteiger partial charge in [-0.15, -0.1) is 0 Å². The Hall–Kier alpha value is -0.970. The largest absolute Gasteiger partial charge is 0.392 e. The van der Waals surface area contributed by atoms with Crippen LogP contribution in [0, 0.1) is 6.92 Å². The molecule has 0 bridgehead atoms.